The fourth-order valence-electron chi connectivity index (χ4n) is 1.06. The molecule has 0 bridgehead atoms. The van der Waals surface area contributed by atoms with E-state index in [2.05, 4.69) is 0 Å². The Balaban J connectivity index is 0. The van der Waals surface area contributed by atoms with Crippen LogP contribution >= 0.6 is 0 Å². The second kappa shape index (κ2) is 9.41. The Morgan fingerprint density at radius 3 is 1.93 bits per heavy atom. The van der Waals surface area contributed by atoms with Crippen molar-refractivity contribution in [3.05, 3.63) is 0 Å². The van der Waals surface area contributed by atoms with Crippen LogP contribution in [0.25, 0.3) is 0 Å². The Labute approximate surface area is 88.0 Å². The van der Waals surface area contributed by atoms with Crippen molar-refractivity contribution < 1.29 is 9.13 Å². The van der Waals surface area contributed by atoms with E-state index in [0.717, 1.165) is 6.42 Å². The van der Waals surface area contributed by atoms with Gasteiger partial charge in [-0.15, -0.1) is 0 Å². The summed E-state index contributed by atoms with van der Waals surface area (Å²) in [4.78, 5) is 0. The van der Waals surface area contributed by atoms with Crippen molar-refractivity contribution in [3.63, 3.8) is 0 Å². The molecule has 0 spiro atoms. The molecule has 0 aliphatic carbocycles. The average molecular weight is 207 g/mol. The zero-order valence-corrected chi connectivity index (χ0v) is 10.3. The summed E-state index contributed by atoms with van der Waals surface area (Å²) in [5, 5.41) is 0. The molecule has 3 heteroatoms. The minimum absolute atomic E-state index is 0.00565. The summed E-state index contributed by atoms with van der Waals surface area (Å²) >= 11 is 0. The standard InChI is InChI=1S/C7H14FNO.2C2H6/c1-2-6(9)3-7(8)4-10-5-7;2*1-2/h6H,2-5,9H2,1H3;2*1-2H3. The van der Waals surface area contributed by atoms with E-state index in [1.165, 1.54) is 0 Å². The normalized spacial score (nSPS) is 19.1. The number of halogens is 1. The van der Waals surface area contributed by atoms with E-state index >= 15 is 0 Å². The van der Waals surface area contributed by atoms with Crippen molar-refractivity contribution in [1.82, 2.24) is 0 Å². The highest BCUT2D eigenvalue weighted by Crippen LogP contribution is 2.27. The largest absolute Gasteiger partial charge is 0.375 e. The first-order chi connectivity index (χ1) is 6.66. The van der Waals surface area contributed by atoms with Gasteiger partial charge in [0.2, 0.25) is 0 Å². The summed E-state index contributed by atoms with van der Waals surface area (Å²) in [5.74, 6) is 0. The van der Waals surface area contributed by atoms with Gasteiger partial charge < -0.3 is 10.5 Å². The van der Waals surface area contributed by atoms with Gasteiger partial charge in [-0.1, -0.05) is 34.6 Å². The SMILES string of the molecule is CC.CC.CCC(N)CC1(F)COC1. The van der Waals surface area contributed by atoms with E-state index in [1.807, 2.05) is 34.6 Å². The number of ether oxygens (including phenoxy) is 1. The molecule has 1 aliphatic heterocycles. The molecule has 88 valence electrons. The Kier molecular flexibility index (Phi) is 10.9. The molecule has 0 saturated carbocycles. The number of hydrogen-bond donors (Lipinski definition) is 1. The molecular weight excluding hydrogens is 181 g/mol. The van der Waals surface area contributed by atoms with Gasteiger partial charge in [0.1, 0.15) is 0 Å². The van der Waals surface area contributed by atoms with Crippen LogP contribution in [0.1, 0.15) is 47.5 Å². The second-order valence-electron chi connectivity index (χ2n) is 3.02. The summed E-state index contributed by atoms with van der Waals surface area (Å²) in [5.41, 5.74) is 4.47. The highest BCUT2D eigenvalue weighted by atomic mass is 19.1. The monoisotopic (exact) mass is 207 g/mol. The van der Waals surface area contributed by atoms with E-state index in [0.29, 0.717) is 6.42 Å². The molecule has 1 fully saturated rings. The molecule has 0 aromatic rings. The van der Waals surface area contributed by atoms with Crippen LogP contribution in [0.4, 0.5) is 4.39 Å². The van der Waals surface area contributed by atoms with Crippen LogP contribution in [-0.4, -0.2) is 24.9 Å². The van der Waals surface area contributed by atoms with Crippen LogP contribution in [0.2, 0.25) is 0 Å². The van der Waals surface area contributed by atoms with E-state index < -0.39 is 5.67 Å². The number of hydrogen-bond acceptors (Lipinski definition) is 2. The Morgan fingerprint density at radius 1 is 1.29 bits per heavy atom. The fraction of sp³-hybridized carbons (Fsp3) is 1.00. The van der Waals surface area contributed by atoms with E-state index in [1.54, 1.807) is 0 Å². The first-order valence-electron chi connectivity index (χ1n) is 5.68. The summed E-state index contributed by atoms with van der Waals surface area (Å²) < 4.78 is 17.9. The third-order valence-electron chi connectivity index (χ3n) is 1.87. The second-order valence-corrected chi connectivity index (χ2v) is 3.02. The third kappa shape index (κ3) is 6.33. The van der Waals surface area contributed by atoms with Crippen molar-refractivity contribution >= 4 is 0 Å². The predicted octanol–water partition coefficient (Wildman–Crippen LogP) is 2.90. The molecule has 1 saturated heterocycles. The van der Waals surface area contributed by atoms with Gasteiger partial charge in [-0.3, -0.25) is 0 Å². The van der Waals surface area contributed by atoms with Crippen LogP contribution < -0.4 is 5.73 Å². The van der Waals surface area contributed by atoms with E-state index in [9.17, 15) is 4.39 Å². The number of alkyl halides is 1. The van der Waals surface area contributed by atoms with Crippen LogP contribution in [0.3, 0.4) is 0 Å². The lowest BCUT2D eigenvalue weighted by Gasteiger charge is -2.35. The third-order valence-corrected chi connectivity index (χ3v) is 1.87. The maximum atomic E-state index is 13.1. The topological polar surface area (TPSA) is 35.2 Å². The molecular formula is C11H26FNO. The van der Waals surface area contributed by atoms with Crippen molar-refractivity contribution in [2.24, 2.45) is 5.73 Å². The Hall–Kier alpha value is -0.150. The summed E-state index contributed by atoms with van der Waals surface area (Å²) in [7, 11) is 0. The molecule has 0 radical (unpaired) electrons. The first-order valence-corrected chi connectivity index (χ1v) is 5.68. The molecule has 2 N–H and O–H groups in total. The van der Waals surface area contributed by atoms with Crippen molar-refractivity contribution in [1.29, 1.82) is 0 Å². The van der Waals surface area contributed by atoms with E-state index in [-0.39, 0.29) is 19.3 Å². The molecule has 0 aromatic carbocycles. The lowest BCUT2D eigenvalue weighted by atomic mass is 9.94. The van der Waals surface area contributed by atoms with Crippen LogP contribution in [0.5, 0.6) is 0 Å². The average Bonchev–Trinajstić information content (AvgIpc) is 2.21. The predicted molar refractivity (Wildman–Crippen MR) is 60.2 cm³/mol. The van der Waals surface area contributed by atoms with Crippen LogP contribution in [0, 0.1) is 0 Å². The van der Waals surface area contributed by atoms with Gasteiger partial charge in [0.15, 0.2) is 5.67 Å². The smallest absolute Gasteiger partial charge is 0.158 e. The minimum Gasteiger partial charge on any atom is -0.375 e. The van der Waals surface area contributed by atoms with Crippen molar-refractivity contribution in [3.8, 4) is 0 Å². The van der Waals surface area contributed by atoms with Gasteiger partial charge in [0.25, 0.3) is 0 Å². The van der Waals surface area contributed by atoms with Gasteiger partial charge in [0, 0.05) is 12.5 Å². The Bertz CT molecular complexity index is 116. The summed E-state index contributed by atoms with van der Waals surface area (Å²) in [6.07, 6.45) is 1.29. The Morgan fingerprint density at radius 2 is 1.71 bits per heavy atom. The maximum absolute atomic E-state index is 13.1. The number of nitrogens with two attached hydrogens (primary N) is 1. The van der Waals surface area contributed by atoms with Crippen molar-refractivity contribution in [2.75, 3.05) is 13.2 Å². The minimum atomic E-state index is -1.10. The molecule has 1 rings (SSSR count). The van der Waals surface area contributed by atoms with E-state index in [4.69, 9.17) is 10.5 Å². The van der Waals surface area contributed by atoms with Gasteiger partial charge in [0.05, 0.1) is 13.2 Å². The molecule has 1 heterocycles. The first kappa shape index (κ1) is 16.3. The lowest BCUT2D eigenvalue weighted by Crippen LogP contribution is -2.49. The lowest BCUT2D eigenvalue weighted by molar-refractivity contribution is -0.135. The van der Waals surface area contributed by atoms with Gasteiger partial charge in [-0.05, 0) is 6.42 Å². The molecule has 2 nitrogen and oxygen atoms in total. The number of rotatable bonds is 3. The fourth-order valence-corrected chi connectivity index (χ4v) is 1.06. The van der Waals surface area contributed by atoms with Crippen LogP contribution in [0.15, 0.2) is 0 Å². The zero-order chi connectivity index (χ0) is 11.6. The molecule has 14 heavy (non-hydrogen) atoms. The van der Waals surface area contributed by atoms with Gasteiger partial charge in [-0.25, -0.2) is 4.39 Å². The summed E-state index contributed by atoms with van der Waals surface area (Å²) in [6, 6.07) is -0.00565. The summed E-state index contributed by atoms with van der Waals surface area (Å²) in [6.45, 7) is 10.4. The maximum Gasteiger partial charge on any atom is 0.158 e. The molecule has 1 aliphatic rings. The molecule has 1 atom stereocenters. The molecule has 0 aromatic heterocycles. The van der Waals surface area contributed by atoms with Crippen molar-refractivity contribution in [2.45, 2.75) is 59.2 Å². The van der Waals surface area contributed by atoms with Gasteiger partial charge >= 0.3 is 0 Å². The van der Waals surface area contributed by atoms with Gasteiger partial charge in [-0.2, -0.15) is 0 Å². The highest BCUT2D eigenvalue weighted by Gasteiger charge is 2.39. The zero-order valence-electron chi connectivity index (χ0n) is 10.3. The molecule has 1 unspecified atom stereocenters. The molecule has 0 amide bonds. The highest BCUT2D eigenvalue weighted by molar-refractivity contribution is 4.88. The van der Waals surface area contributed by atoms with Crippen LogP contribution in [-0.2, 0) is 4.74 Å². The quantitative estimate of drug-likeness (QED) is 0.772.